The van der Waals surface area contributed by atoms with Gasteiger partial charge in [0, 0.05) is 77.7 Å². The quantitative estimate of drug-likeness (QED) is 0.350. The van der Waals surface area contributed by atoms with Crippen molar-refractivity contribution in [1.82, 2.24) is 14.2 Å². The van der Waals surface area contributed by atoms with Crippen LogP contribution < -0.4 is 4.90 Å². The molecule has 6 rings (SSSR count). The van der Waals surface area contributed by atoms with Crippen LogP contribution in [0.4, 0.5) is 5.69 Å². The van der Waals surface area contributed by atoms with Crippen LogP contribution in [-0.4, -0.2) is 67.9 Å². The van der Waals surface area contributed by atoms with Gasteiger partial charge in [-0.2, -0.15) is 4.31 Å². The average Bonchev–Trinajstić information content (AvgIpc) is 3.41. The maximum absolute atomic E-state index is 13.8. The first-order valence-electron chi connectivity index (χ1n) is 12.9. The molecule has 2 aromatic carbocycles. The molecule has 8 heteroatoms. The summed E-state index contributed by atoms with van der Waals surface area (Å²) in [6.45, 7) is 5.54. The molecule has 0 amide bonds. The highest BCUT2D eigenvalue weighted by Crippen LogP contribution is 2.32. The van der Waals surface area contributed by atoms with Gasteiger partial charge in [-0.05, 0) is 49.4 Å². The van der Waals surface area contributed by atoms with Crippen LogP contribution in [0.15, 0.2) is 71.2 Å². The summed E-state index contributed by atoms with van der Waals surface area (Å²) in [4.78, 5) is 9.58. The lowest BCUT2D eigenvalue weighted by Gasteiger charge is -2.39. The van der Waals surface area contributed by atoms with Crippen molar-refractivity contribution in [3.8, 4) is 0 Å². The SMILES string of the molecule is O=S(=O)(c1cncc2ccccc12)N1CCCC[C@@H]1CCN1CCN(c2cccc3sccc23)CC1. The van der Waals surface area contributed by atoms with E-state index in [1.165, 1.54) is 22.0 Å². The van der Waals surface area contributed by atoms with E-state index < -0.39 is 10.0 Å². The average molecular weight is 521 g/mol. The zero-order valence-corrected chi connectivity index (χ0v) is 22.1. The summed E-state index contributed by atoms with van der Waals surface area (Å²) in [7, 11) is -3.61. The van der Waals surface area contributed by atoms with E-state index in [9.17, 15) is 8.42 Å². The topological polar surface area (TPSA) is 56.8 Å². The number of fused-ring (bicyclic) bond motifs is 2. The first-order chi connectivity index (χ1) is 17.6. The largest absolute Gasteiger partial charge is 0.368 e. The first-order valence-corrected chi connectivity index (χ1v) is 15.2. The smallest absolute Gasteiger partial charge is 0.245 e. The van der Waals surface area contributed by atoms with Crippen LogP contribution >= 0.6 is 11.3 Å². The zero-order valence-electron chi connectivity index (χ0n) is 20.4. The normalized spacial score (nSPS) is 20.3. The molecule has 0 unspecified atom stereocenters. The summed E-state index contributed by atoms with van der Waals surface area (Å²) in [5, 5.41) is 5.14. The van der Waals surface area contributed by atoms with Gasteiger partial charge in [0.25, 0.3) is 0 Å². The van der Waals surface area contributed by atoms with E-state index in [4.69, 9.17) is 0 Å². The summed E-state index contributed by atoms with van der Waals surface area (Å²) >= 11 is 1.80. The molecule has 4 heterocycles. The van der Waals surface area contributed by atoms with E-state index in [1.54, 1.807) is 21.8 Å². The number of anilines is 1. The number of aromatic nitrogens is 1. The predicted molar refractivity (Wildman–Crippen MR) is 148 cm³/mol. The van der Waals surface area contributed by atoms with Gasteiger partial charge in [0.15, 0.2) is 0 Å². The molecule has 0 N–H and O–H groups in total. The van der Waals surface area contributed by atoms with Gasteiger partial charge < -0.3 is 4.90 Å². The molecule has 2 aliphatic heterocycles. The number of thiophene rings is 1. The lowest BCUT2D eigenvalue weighted by atomic mass is 10.0. The molecule has 0 spiro atoms. The van der Waals surface area contributed by atoms with Crippen molar-refractivity contribution >= 4 is 47.9 Å². The van der Waals surface area contributed by atoms with Crippen LogP contribution in [0.5, 0.6) is 0 Å². The minimum Gasteiger partial charge on any atom is -0.368 e. The molecular formula is C28H32N4O2S2. The molecule has 2 fully saturated rings. The molecule has 0 saturated carbocycles. The fourth-order valence-electron chi connectivity index (χ4n) is 5.80. The Bertz CT molecular complexity index is 1460. The summed E-state index contributed by atoms with van der Waals surface area (Å²) in [5.74, 6) is 0. The second kappa shape index (κ2) is 10.1. The van der Waals surface area contributed by atoms with Crippen molar-refractivity contribution in [3.63, 3.8) is 0 Å². The highest BCUT2D eigenvalue weighted by atomic mass is 32.2. The lowest BCUT2D eigenvalue weighted by molar-refractivity contribution is 0.193. The minimum absolute atomic E-state index is 0.0419. The van der Waals surface area contributed by atoms with Crippen LogP contribution in [-0.2, 0) is 10.0 Å². The molecule has 0 radical (unpaired) electrons. The number of hydrogen-bond donors (Lipinski definition) is 0. The molecule has 6 nitrogen and oxygen atoms in total. The fraction of sp³-hybridized carbons (Fsp3) is 0.393. The Balaban J connectivity index is 1.13. The minimum atomic E-state index is -3.61. The van der Waals surface area contributed by atoms with E-state index in [1.807, 2.05) is 24.3 Å². The van der Waals surface area contributed by atoms with Crippen molar-refractivity contribution in [2.45, 2.75) is 36.6 Å². The summed E-state index contributed by atoms with van der Waals surface area (Å²) < 4.78 is 30.7. The van der Waals surface area contributed by atoms with Crippen molar-refractivity contribution < 1.29 is 8.42 Å². The van der Waals surface area contributed by atoms with Crippen LogP contribution in [0.2, 0.25) is 0 Å². The lowest BCUT2D eigenvalue weighted by Crippen LogP contribution is -2.49. The van der Waals surface area contributed by atoms with Gasteiger partial charge in [-0.1, -0.05) is 36.8 Å². The van der Waals surface area contributed by atoms with Gasteiger partial charge in [0.05, 0.1) is 0 Å². The van der Waals surface area contributed by atoms with Gasteiger partial charge in [-0.3, -0.25) is 9.88 Å². The van der Waals surface area contributed by atoms with Crippen LogP contribution in [0.3, 0.4) is 0 Å². The Morgan fingerprint density at radius 1 is 0.889 bits per heavy atom. The van der Waals surface area contributed by atoms with Gasteiger partial charge >= 0.3 is 0 Å². The summed E-state index contributed by atoms with van der Waals surface area (Å²) in [6.07, 6.45) is 7.07. The number of nitrogens with zero attached hydrogens (tertiary/aromatic N) is 4. The molecule has 1 atom stereocenters. The van der Waals surface area contributed by atoms with Gasteiger partial charge in [0.2, 0.25) is 10.0 Å². The van der Waals surface area contributed by atoms with Gasteiger partial charge in [-0.15, -0.1) is 11.3 Å². The molecule has 2 saturated heterocycles. The Kier molecular flexibility index (Phi) is 6.69. The Labute approximate surface area is 217 Å². The van der Waals surface area contributed by atoms with E-state index >= 15 is 0 Å². The summed E-state index contributed by atoms with van der Waals surface area (Å²) in [5.41, 5.74) is 1.33. The second-order valence-corrected chi connectivity index (χ2v) is 12.7. The molecule has 36 heavy (non-hydrogen) atoms. The van der Waals surface area contributed by atoms with Gasteiger partial charge in [0.1, 0.15) is 4.90 Å². The van der Waals surface area contributed by atoms with Gasteiger partial charge in [-0.25, -0.2) is 8.42 Å². The van der Waals surface area contributed by atoms with Crippen LogP contribution in [0.1, 0.15) is 25.7 Å². The number of benzene rings is 2. The highest BCUT2D eigenvalue weighted by Gasteiger charge is 2.35. The Morgan fingerprint density at radius 3 is 2.64 bits per heavy atom. The Morgan fingerprint density at radius 2 is 1.75 bits per heavy atom. The third-order valence-electron chi connectivity index (χ3n) is 7.76. The van der Waals surface area contributed by atoms with E-state index in [-0.39, 0.29) is 6.04 Å². The second-order valence-electron chi connectivity index (χ2n) is 9.85. The summed E-state index contributed by atoms with van der Waals surface area (Å²) in [6, 6.07) is 16.5. The first kappa shape index (κ1) is 23.9. The van der Waals surface area contributed by atoms with Crippen molar-refractivity contribution in [2.75, 3.05) is 44.2 Å². The monoisotopic (exact) mass is 520 g/mol. The standard InChI is InChI=1S/C28H32N4O2S2/c33-36(34,28-21-29-20-22-6-1-2-8-24(22)28)32-13-4-3-7-23(32)11-14-30-15-17-31(18-16-30)26-9-5-10-27-25(26)12-19-35-27/h1-2,5-6,8-10,12,19-21,23H,3-4,7,11,13-18H2/t23-/m1/s1. The number of piperidine rings is 1. The number of hydrogen-bond acceptors (Lipinski definition) is 6. The maximum Gasteiger partial charge on any atom is 0.245 e. The zero-order chi connectivity index (χ0) is 24.5. The molecule has 0 aliphatic carbocycles. The molecule has 4 aromatic rings. The van der Waals surface area contributed by atoms with Crippen LogP contribution in [0.25, 0.3) is 20.9 Å². The fourth-order valence-corrected chi connectivity index (χ4v) is 8.49. The third kappa shape index (κ3) is 4.52. The number of piperazine rings is 1. The molecular weight excluding hydrogens is 488 g/mol. The molecule has 0 bridgehead atoms. The molecule has 188 valence electrons. The van der Waals surface area contributed by atoms with Crippen molar-refractivity contribution in [1.29, 1.82) is 0 Å². The number of sulfonamides is 1. The Hall–Kier alpha value is -2.52. The molecule has 2 aliphatic rings. The van der Waals surface area contributed by atoms with Crippen LogP contribution in [0, 0.1) is 0 Å². The van der Waals surface area contributed by atoms with Crippen molar-refractivity contribution in [2.24, 2.45) is 0 Å². The number of pyridine rings is 1. The third-order valence-corrected chi connectivity index (χ3v) is 10.6. The van der Waals surface area contributed by atoms with E-state index in [0.717, 1.165) is 69.2 Å². The maximum atomic E-state index is 13.8. The van der Waals surface area contributed by atoms with E-state index in [2.05, 4.69) is 44.4 Å². The number of rotatable bonds is 6. The predicted octanol–water partition coefficient (Wildman–Crippen LogP) is 5.21. The van der Waals surface area contributed by atoms with E-state index in [0.29, 0.717) is 11.4 Å². The highest BCUT2D eigenvalue weighted by molar-refractivity contribution is 7.89. The molecule has 2 aromatic heterocycles. The van der Waals surface area contributed by atoms with Crippen molar-refractivity contribution in [3.05, 3.63) is 66.3 Å².